The average molecular weight is 397 g/mol. The molecule has 0 fully saturated rings. The van der Waals surface area contributed by atoms with Crippen LogP contribution in [-0.2, 0) is 14.3 Å². The van der Waals surface area contributed by atoms with Gasteiger partial charge in [0.25, 0.3) is 0 Å². The summed E-state index contributed by atoms with van der Waals surface area (Å²) >= 11 is 0. The van der Waals surface area contributed by atoms with E-state index in [1.54, 1.807) is 30.1 Å². The van der Waals surface area contributed by atoms with Crippen LogP contribution in [0.1, 0.15) is 13.3 Å². The summed E-state index contributed by atoms with van der Waals surface area (Å²) in [5.41, 5.74) is 1.43. The second kappa shape index (κ2) is 9.09. The van der Waals surface area contributed by atoms with Crippen molar-refractivity contribution < 1.29 is 23.8 Å². The minimum atomic E-state index is -0.700. The molecule has 152 valence electrons. The number of carbonyl (C=O) groups excluding carboxylic acids is 2. The third-order valence-corrected chi connectivity index (χ3v) is 4.36. The van der Waals surface area contributed by atoms with Crippen molar-refractivity contribution in [3.63, 3.8) is 0 Å². The van der Waals surface area contributed by atoms with E-state index in [2.05, 4.69) is 10.4 Å². The zero-order valence-corrected chi connectivity index (χ0v) is 16.5. The minimum absolute atomic E-state index is 0.140. The number of amides is 1. The fraction of sp³-hybridized carbons (Fsp3) is 0.286. The first kappa shape index (κ1) is 20.2. The van der Waals surface area contributed by atoms with Gasteiger partial charge >= 0.3 is 5.97 Å². The Bertz CT molecular complexity index is 892. The van der Waals surface area contributed by atoms with Crippen molar-refractivity contribution in [1.29, 1.82) is 0 Å². The van der Waals surface area contributed by atoms with Crippen molar-refractivity contribution in [2.45, 2.75) is 19.4 Å². The van der Waals surface area contributed by atoms with Crippen molar-refractivity contribution in [3.8, 4) is 11.5 Å². The van der Waals surface area contributed by atoms with Gasteiger partial charge in [-0.3, -0.25) is 9.80 Å². The lowest BCUT2D eigenvalue weighted by Gasteiger charge is -2.23. The number of nitrogens with zero attached hydrogens (tertiary/aromatic N) is 2. The van der Waals surface area contributed by atoms with Crippen LogP contribution in [-0.4, -0.2) is 44.5 Å². The van der Waals surface area contributed by atoms with Crippen molar-refractivity contribution in [1.82, 2.24) is 0 Å². The molecule has 1 atom stereocenters. The number of rotatable bonds is 7. The maximum atomic E-state index is 13.1. The maximum Gasteiger partial charge on any atom is 0.354 e. The first-order chi connectivity index (χ1) is 14.0. The quantitative estimate of drug-likeness (QED) is 0.723. The maximum absolute atomic E-state index is 13.1. The Hall–Kier alpha value is -3.55. The molecule has 0 saturated heterocycles. The van der Waals surface area contributed by atoms with Gasteiger partial charge in [-0.25, -0.2) is 4.79 Å². The number of carbonyl (C=O) groups is 2. The van der Waals surface area contributed by atoms with Crippen molar-refractivity contribution in [2.75, 3.05) is 31.2 Å². The molecule has 1 aliphatic heterocycles. The Labute approximate surface area is 169 Å². The van der Waals surface area contributed by atoms with Crippen molar-refractivity contribution >= 4 is 29.0 Å². The molecule has 0 bridgehead atoms. The summed E-state index contributed by atoms with van der Waals surface area (Å²) in [7, 11) is 3.07. The molecular formula is C21H23N3O5. The highest BCUT2D eigenvalue weighted by atomic mass is 16.5. The van der Waals surface area contributed by atoms with Crippen LogP contribution in [0.3, 0.4) is 0 Å². The van der Waals surface area contributed by atoms with E-state index in [4.69, 9.17) is 14.2 Å². The molecule has 0 radical (unpaired) electrons. The number of para-hydroxylation sites is 1. The standard InChI is InChI=1S/C21H23N3O5/c1-4-29-21(26)18-13-19(24(23-18)15-8-6-5-7-9-15)20(25)22-14-10-16(27-2)12-17(11-14)28-3/h5-12,19H,4,13H2,1-3H3,(H,22,25)/t19-/m1/s1. The zero-order valence-electron chi connectivity index (χ0n) is 16.5. The molecule has 0 spiro atoms. The van der Waals surface area contributed by atoms with Crippen LogP contribution in [0.4, 0.5) is 11.4 Å². The van der Waals surface area contributed by atoms with E-state index < -0.39 is 12.0 Å². The number of esters is 1. The number of anilines is 2. The second-order valence-corrected chi connectivity index (χ2v) is 6.26. The van der Waals surface area contributed by atoms with Crippen LogP contribution in [0, 0.1) is 0 Å². The smallest absolute Gasteiger partial charge is 0.354 e. The zero-order chi connectivity index (χ0) is 20.8. The Morgan fingerprint density at radius 1 is 1.10 bits per heavy atom. The number of hydrazone groups is 1. The van der Waals surface area contributed by atoms with Crippen LogP contribution in [0.15, 0.2) is 53.6 Å². The van der Waals surface area contributed by atoms with Gasteiger partial charge < -0.3 is 19.5 Å². The molecule has 29 heavy (non-hydrogen) atoms. The van der Waals surface area contributed by atoms with E-state index in [9.17, 15) is 9.59 Å². The lowest BCUT2D eigenvalue weighted by molar-refractivity contribution is -0.135. The number of hydrogen-bond acceptors (Lipinski definition) is 7. The highest BCUT2D eigenvalue weighted by molar-refractivity contribution is 6.38. The fourth-order valence-corrected chi connectivity index (χ4v) is 2.98. The molecule has 1 N–H and O–H groups in total. The third kappa shape index (κ3) is 4.66. The van der Waals surface area contributed by atoms with Gasteiger partial charge in [0.15, 0.2) is 0 Å². The molecule has 8 heteroatoms. The highest BCUT2D eigenvalue weighted by Crippen LogP contribution is 2.28. The molecule has 2 aromatic rings. The largest absolute Gasteiger partial charge is 0.497 e. The lowest BCUT2D eigenvalue weighted by Crippen LogP contribution is -2.38. The van der Waals surface area contributed by atoms with E-state index in [1.807, 2.05) is 30.3 Å². The lowest BCUT2D eigenvalue weighted by atomic mass is 10.1. The number of benzene rings is 2. The highest BCUT2D eigenvalue weighted by Gasteiger charge is 2.37. The molecule has 8 nitrogen and oxygen atoms in total. The molecule has 0 saturated carbocycles. The summed E-state index contributed by atoms with van der Waals surface area (Å²) in [6.45, 7) is 1.96. The van der Waals surface area contributed by atoms with Gasteiger partial charge in [-0.1, -0.05) is 18.2 Å². The van der Waals surface area contributed by atoms with Gasteiger partial charge in [0.05, 0.1) is 26.5 Å². The molecule has 2 aromatic carbocycles. The Kier molecular flexibility index (Phi) is 6.33. The Morgan fingerprint density at radius 3 is 2.34 bits per heavy atom. The number of methoxy groups -OCH3 is 2. The van der Waals surface area contributed by atoms with E-state index in [-0.39, 0.29) is 24.6 Å². The van der Waals surface area contributed by atoms with Gasteiger partial charge in [0, 0.05) is 30.3 Å². The van der Waals surface area contributed by atoms with Crippen molar-refractivity contribution in [2.24, 2.45) is 5.10 Å². The Balaban J connectivity index is 1.85. The topological polar surface area (TPSA) is 89.5 Å². The van der Waals surface area contributed by atoms with Crippen LogP contribution in [0.25, 0.3) is 0 Å². The van der Waals surface area contributed by atoms with Crippen LogP contribution < -0.4 is 19.8 Å². The van der Waals surface area contributed by atoms with Crippen molar-refractivity contribution in [3.05, 3.63) is 48.5 Å². The summed E-state index contributed by atoms with van der Waals surface area (Å²) < 4.78 is 15.5. The van der Waals surface area contributed by atoms with Gasteiger partial charge in [-0.05, 0) is 19.1 Å². The van der Waals surface area contributed by atoms with Gasteiger partial charge in [-0.2, -0.15) is 5.10 Å². The summed E-state index contributed by atoms with van der Waals surface area (Å²) in [5, 5.41) is 8.75. The van der Waals surface area contributed by atoms with Crippen LogP contribution in [0.5, 0.6) is 11.5 Å². The minimum Gasteiger partial charge on any atom is -0.497 e. The summed E-state index contributed by atoms with van der Waals surface area (Å²) in [5.74, 6) is 0.267. The van der Waals surface area contributed by atoms with E-state index in [0.717, 1.165) is 0 Å². The molecule has 3 rings (SSSR count). The predicted octanol–water partition coefficient (Wildman–Crippen LogP) is 2.84. The van der Waals surface area contributed by atoms with Crippen LogP contribution in [0.2, 0.25) is 0 Å². The molecule has 0 aliphatic carbocycles. The van der Waals surface area contributed by atoms with Crippen LogP contribution >= 0.6 is 0 Å². The summed E-state index contributed by atoms with van der Waals surface area (Å²) in [6.07, 6.45) is 0.140. The fourth-order valence-electron chi connectivity index (χ4n) is 2.98. The third-order valence-electron chi connectivity index (χ3n) is 4.36. The number of ether oxygens (including phenoxy) is 3. The number of nitrogens with one attached hydrogen (secondary N) is 1. The summed E-state index contributed by atoms with van der Waals surface area (Å²) in [4.78, 5) is 25.2. The average Bonchev–Trinajstić information content (AvgIpc) is 3.20. The first-order valence-electron chi connectivity index (χ1n) is 9.18. The Morgan fingerprint density at radius 2 is 1.76 bits per heavy atom. The number of hydrogen-bond donors (Lipinski definition) is 1. The summed E-state index contributed by atoms with van der Waals surface area (Å²) in [6, 6.07) is 13.6. The second-order valence-electron chi connectivity index (χ2n) is 6.26. The SMILES string of the molecule is CCOC(=O)C1=NN(c2ccccc2)[C@@H](C(=O)Nc2cc(OC)cc(OC)c2)C1. The van der Waals surface area contributed by atoms with E-state index in [0.29, 0.717) is 22.9 Å². The van der Waals surface area contributed by atoms with Gasteiger partial charge in [-0.15, -0.1) is 0 Å². The monoisotopic (exact) mass is 397 g/mol. The first-order valence-corrected chi connectivity index (χ1v) is 9.18. The predicted molar refractivity (Wildman–Crippen MR) is 110 cm³/mol. The molecule has 1 aliphatic rings. The molecule has 1 amide bonds. The molecule has 0 unspecified atom stereocenters. The molecule has 0 aromatic heterocycles. The molecular weight excluding hydrogens is 374 g/mol. The normalized spacial score (nSPS) is 15.5. The van der Waals surface area contributed by atoms with E-state index >= 15 is 0 Å². The van der Waals surface area contributed by atoms with Gasteiger partial charge in [0.1, 0.15) is 23.3 Å². The van der Waals surface area contributed by atoms with Gasteiger partial charge in [0.2, 0.25) is 5.91 Å². The molecule has 1 heterocycles. The van der Waals surface area contributed by atoms with E-state index in [1.165, 1.54) is 14.2 Å².